The molecule has 4 aliphatic rings. The molecule has 0 saturated carbocycles. The molecule has 1 aromatic heterocycles. The van der Waals surface area contributed by atoms with Crippen molar-refractivity contribution in [3.63, 3.8) is 0 Å². The van der Waals surface area contributed by atoms with Crippen molar-refractivity contribution in [3.8, 4) is 0 Å². The number of sulfonamides is 1. The Morgan fingerprint density at radius 3 is 2.60 bits per heavy atom. The number of Topliss-reactive ketones (excluding diaryl/α,β-unsaturated/α-hetero) is 1. The highest BCUT2D eigenvalue weighted by molar-refractivity contribution is 7.91. The van der Waals surface area contributed by atoms with Gasteiger partial charge in [0.05, 0.1) is 17.7 Å². The van der Waals surface area contributed by atoms with Gasteiger partial charge in [-0.1, -0.05) is 13.8 Å². The summed E-state index contributed by atoms with van der Waals surface area (Å²) in [4.78, 5) is 17.4. The number of aromatic nitrogens is 1. The van der Waals surface area contributed by atoms with Crippen LogP contribution in [-0.2, 0) is 14.8 Å². The van der Waals surface area contributed by atoms with Crippen LogP contribution in [0.1, 0.15) is 44.5 Å². The van der Waals surface area contributed by atoms with Gasteiger partial charge in [0.2, 0.25) is 0 Å². The lowest BCUT2D eigenvalue weighted by atomic mass is 9.60. The van der Waals surface area contributed by atoms with Gasteiger partial charge in [-0.15, -0.1) is 16.5 Å². The van der Waals surface area contributed by atoms with Crippen molar-refractivity contribution in [2.75, 3.05) is 19.6 Å². The van der Waals surface area contributed by atoms with E-state index in [1.165, 1.54) is 21.8 Å². The highest BCUT2D eigenvalue weighted by Crippen LogP contribution is 2.55. The summed E-state index contributed by atoms with van der Waals surface area (Å²) < 4.78 is 28.0. The molecule has 1 aliphatic carbocycles. The molecule has 4 heterocycles. The number of nitrogens with one attached hydrogen (secondary N) is 1. The molecule has 1 spiro atoms. The van der Waals surface area contributed by atoms with Crippen molar-refractivity contribution in [2.45, 2.75) is 50.7 Å². The first kappa shape index (κ1) is 20.0. The fourth-order valence-corrected chi connectivity index (χ4v) is 8.02. The highest BCUT2D eigenvalue weighted by atomic mass is 32.2. The quantitative estimate of drug-likeness (QED) is 0.750. The molecule has 5 rings (SSSR count). The average molecular weight is 448 g/mol. The third-order valence-corrected chi connectivity index (χ3v) is 9.90. The Hall–Kier alpha value is -1.91. The zero-order chi connectivity index (χ0) is 21.3. The molecular weight excluding hydrogens is 422 g/mol. The zero-order valence-electron chi connectivity index (χ0n) is 17.4. The minimum absolute atomic E-state index is 0.105. The van der Waals surface area contributed by atoms with Gasteiger partial charge in [-0.25, -0.2) is 13.4 Å². The molecule has 30 heavy (non-hydrogen) atoms. The van der Waals surface area contributed by atoms with Crippen LogP contribution in [0.3, 0.4) is 0 Å². The Labute approximate surface area is 180 Å². The molecule has 0 amide bonds. The first-order valence-corrected chi connectivity index (χ1v) is 12.5. The fourth-order valence-electron chi connectivity index (χ4n) is 5.32. The van der Waals surface area contributed by atoms with Gasteiger partial charge in [-0.3, -0.25) is 4.79 Å². The lowest BCUT2D eigenvalue weighted by Crippen LogP contribution is -2.50. The number of nitrogens with zero attached hydrogens (tertiary/aromatic N) is 4. The van der Waals surface area contributed by atoms with Crippen molar-refractivity contribution in [1.82, 2.24) is 14.6 Å². The normalized spacial score (nSPS) is 25.5. The van der Waals surface area contributed by atoms with E-state index in [1.807, 2.05) is 0 Å². The van der Waals surface area contributed by atoms with Gasteiger partial charge in [0, 0.05) is 41.8 Å². The molecule has 0 aromatic carbocycles. The molecule has 0 unspecified atom stereocenters. The van der Waals surface area contributed by atoms with Gasteiger partial charge in [-0.05, 0) is 31.6 Å². The molecule has 1 aromatic rings. The van der Waals surface area contributed by atoms with Crippen LogP contribution in [-0.4, -0.2) is 43.1 Å². The molecular formula is C20H25N5O3S2. The maximum absolute atomic E-state index is 13.3. The van der Waals surface area contributed by atoms with Crippen LogP contribution in [0.25, 0.3) is 0 Å². The van der Waals surface area contributed by atoms with Crippen molar-refractivity contribution in [1.29, 1.82) is 0 Å². The second kappa shape index (κ2) is 6.54. The Bertz CT molecular complexity index is 1130. The molecule has 0 radical (unpaired) electrons. The molecule has 1 N–H and O–H groups in total. The van der Waals surface area contributed by atoms with Gasteiger partial charge >= 0.3 is 0 Å². The Kier molecular flexibility index (Phi) is 4.37. The summed E-state index contributed by atoms with van der Waals surface area (Å²) in [7, 11) is -3.57. The van der Waals surface area contributed by atoms with E-state index in [2.05, 4.69) is 34.4 Å². The molecule has 3 aliphatic heterocycles. The number of dihydropyridines is 1. The molecule has 0 atom stereocenters. The number of hydrogen-bond acceptors (Lipinski definition) is 8. The number of aryl methyl sites for hydroxylation is 1. The summed E-state index contributed by atoms with van der Waals surface area (Å²) in [5.41, 5.74) is 2.26. The van der Waals surface area contributed by atoms with Crippen molar-refractivity contribution >= 4 is 27.1 Å². The largest absolute Gasteiger partial charge is 0.342 e. The average Bonchev–Trinajstić information content (AvgIpc) is 3.30. The summed E-state index contributed by atoms with van der Waals surface area (Å²) in [5, 5.41) is 12.6. The van der Waals surface area contributed by atoms with E-state index in [0.717, 1.165) is 34.1 Å². The first-order chi connectivity index (χ1) is 14.1. The number of carbonyl (C=O) groups is 1. The second-order valence-electron chi connectivity index (χ2n) is 9.33. The number of fused-ring (bicyclic) bond motifs is 2. The summed E-state index contributed by atoms with van der Waals surface area (Å²) >= 11 is 1.20. The van der Waals surface area contributed by atoms with Crippen LogP contribution < -0.4 is 5.32 Å². The van der Waals surface area contributed by atoms with E-state index in [0.29, 0.717) is 38.9 Å². The van der Waals surface area contributed by atoms with E-state index >= 15 is 0 Å². The number of allylic oxidation sites excluding steroid dienone is 2. The second-order valence-corrected chi connectivity index (χ2v) is 12.7. The topological polar surface area (TPSA) is 104 Å². The monoisotopic (exact) mass is 447 g/mol. The number of rotatable bonds is 2. The van der Waals surface area contributed by atoms with Crippen LogP contribution in [0, 0.1) is 17.8 Å². The van der Waals surface area contributed by atoms with Gasteiger partial charge in [-0.2, -0.15) is 9.42 Å². The van der Waals surface area contributed by atoms with Crippen molar-refractivity contribution in [2.24, 2.45) is 21.1 Å². The fraction of sp³-hybridized carbons (Fsp3) is 0.600. The van der Waals surface area contributed by atoms with E-state index in [9.17, 15) is 13.2 Å². The maximum atomic E-state index is 13.3. The SMILES string of the molecule is Cc1ncc(S(=O)(=O)N2CCC3(CC2)C2=C(N=NC2)NC2=C3C(=O)CC(C)(C)C2)s1. The van der Waals surface area contributed by atoms with Gasteiger partial charge < -0.3 is 5.32 Å². The zero-order valence-corrected chi connectivity index (χ0v) is 19.0. The minimum Gasteiger partial charge on any atom is -0.342 e. The predicted octanol–water partition coefficient (Wildman–Crippen LogP) is 3.15. The van der Waals surface area contributed by atoms with E-state index in [1.54, 1.807) is 6.92 Å². The summed E-state index contributed by atoms with van der Waals surface area (Å²) in [5.74, 6) is 0.926. The molecule has 160 valence electrons. The van der Waals surface area contributed by atoms with Gasteiger partial charge in [0.25, 0.3) is 10.0 Å². The number of hydrogen-bond donors (Lipinski definition) is 1. The van der Waals surface area contributed by atoms with Crippen molar-refractivity contribution in [3.05, 3.63) is 33.9 Å². The first-order valence-electron chi connectivity index (χ1n) is 10.2. The molecule has 0 bridgehead atoms. The lowest BCUT2D eigenvalue weighted by molar-refractivity contribution is -0.119. The van der Waals surface area contributed by atoms with Crippen LogP contribution in [0.2, 0.25) is 0 Å². The van der Waals surface area contributed by atoms with Crippen LogP contribution in [0.4, 0.5) is 0 Å². The standard InChI is InChI=1S/C20H25N5O3S2/c1-12-21-11-16(29-12)30(27,28)25-6-4-20(5-7-25)13-10-22-24-18(13)23-14-8-19(2,3)9-15(26)17(14)20/h11,23H,4-10H2,1-3H3. The van der Waals surface area contributed by atoms with Crippen molar-refractivity contribution < 1.29 is 13.2 Å². The molecule has 1 fully saturated rings. The number of ketones is 1. The van der Waals surface area contributed by atoms with Gasteiger partial charge in [0.15, 0.2) is 15.8 Å². The Morgan fingerprint density at radius 2 is 1.93 bits per heavy atom. The third kappa shape index (κ3) is 2.91. The molecule has 8 nitrogen and oxygen atoms in total. The van der Waals surface area contributed by atoms with Crippen LogP contribution in [0.5, 0.6) is 0 Å². The Morgan fingerprint density at radius 1 is 1.20 bits per heavy atom. The third-order valence-electron chi connectivity index (χ3n) is 6.66. The van der Waals surface area contributed by atoms with Crippen LogP contribution in [0.15, 0.2) is 43.3 Å². The minimum atomic E-state index is -3.57. The molecule has 1 saturated heterocycles. The maximum Gasteiger partial charge on any atom is 0.254 e. The van der Waals surface area contributed by atoms with E-state index in [4.69, 9.17) is 0 Å². The van der Waals surface area contributed by atoms with E-state index in [-0.39, 0.29) is 15.4 Å². The smallest absolute Gasteiger partial charge is 0.254 e. The summed E-state index contributed by atoms with van der Waals surface area (Å²) in [6, 6.07) is 0. The number of thiazole rings is 1. The lowest BCUT2D eigenvalue weighted by Gasteiger charge is -2.48. The van der Waals surface area contributed by atoms with E-state index < -0.39 is 15.4 Å². The number of piperidine rings is 1. The number of azo groups is 1. The summed E-state index contributed by atoms with van der Waals surface area (Å²) in [6.45, 7) is 7.21. The predicted molar refractivity (Wildman–Crippen MR) is 112 cm³/mol. The highest BCUT2D eigenvalue weighted by Gasteiger charge is 2.53. The Balaban J connectivity index is 1.50. The molecule has 10 heteroatoms. The van der Waals surface area contributed by atoms with Gasteiger partial charge in [0.1, 0.15) is 0 Å². The summed E-state index contributed by atoms with van der Waals surface area (Å²) in [6.07, 6.45) is 3.87. The number of carbonyl (C=O) groups excluding carboxylic acids is 1. The van der Waals surface area contributed by atoms with Crippen LogP contribution >= 0.6 is 11.3 Å².